The normalized spacial score (nSPS) is 21.5. The zero-order valence-electron chi connectivity index (χ0n) is 12.8. The van der Waals surface area contributed by atoms with Crippen LogP contribution in [-0.2, 0) is 14.8 Å². The van der Waals surface area contributed by atoms with Crippen molar-refractivity contribution in [1.82, 2.24) is 9.62 Å². The van der Waals surface area contributed by atoms with E-state index in [2.05, 4.69) is 5.32 Å². The number of aryl methyl sites for hydroxylation is 1. The molecule has 0 spiro atoms. The predicted molar refractivity (Wildman–Crippen MR) is 85.2 cm³/mol. The van der Waals surface area contributed by atoms with E-state index in [-0.39, 0.29) is 31.0 Å². The van der Waals surface area contributed by atoms with Crippen LogP contribution in [0.5, 0.6) is 0 Å². The summed E-state index contributed by atoms with van der Waals surface area (Å²) >= 11 is 1.25. The first kappa shape index (κ1) is 17.4. The van der Waals surface area contributed by atoms with Gasteiger partial charge in [-0.25, -0.2) is 8.42 Å². The lowest BCUT2D eigenvalue weighted by molar-refractivity contribution is -0.127. The van der Waals surface area contributed by atoms with E-state index in [4.69, 9.17) is 5.11 Å². The lowest BCUT2D eigenvalue weighted by Gasteiger charge is -2.31. The third-order valence-corrected chi connectivity index (χ3v) is 7.06. The second-order valence-electron chi connectivity index (χ2n) is 5.66. The number of carbonyl (C=O) groups is 1. The molecule has 2 rings (SSSR count). The van der Waals surface area contributed by atoms with Crippen molar-refractivity contribution in [1.29, 1.82) is 0 Å². The molecule has 2 atom stereocenters. The number of carbonyl (C=O) groups excluding carboxylic acids is 1. The van der Waals surface area contributed by atoms with Crippen LogP contribution in [0.4, 0.5) is 0 Å². The number of aliphatic hydroxyl groups is 1. The maximum Gasteiger partial charge on any atom is 0.252 e. The van der Waals surface area contributed by atoms with Crippen molar-refractivity contribution in [2.45, 2.75) is 36.9 Å². The molecule has 22 heavy (non-hydrogen) atoms. The zero-order valence-corrected chi connectivity index (χ0v) is 14.4. The molecule has 2 heterocycles. The van der Waals surface area contributed by atoms with Gasteiger partial charge in [0.15, 0.2) is 0 Å². The number of rotatable bonds is 5. The van der Waals surface area contributed by atoms with E-state index < -0.39 is 10.0 Å². The van der Waals surface area contributed by atoms with Gasteiger partial charge in [-0.1, -0.05) is 0 Å². The molecule has 0 aliphatic carbocycles. The smallest absolute Gasteiger partial charge is 0.252 e. The Bertz CT molecular complexity index is 627. The fraction of sp³-hybridized carbons (Fsp3) is 0.643. The van der Waals surface area contributed by atoms with Gasteiger partial charge in [0.2, 0.25) is 5.91 Å². The van der Waals surface area contributed by atoms with E-state index in [1.165, 1.54) is 15.6 Å². The van der Waals surface area contributed by atoms with Crippen molar-refractivity contribution < 1.29 is 18.3 Å². The van der Waals surface area contributed by atoms with Crippen LogP contribution >= 0.6 is 11.3 Å². The highest BCUT2D eigenvalue weighted by molar-refractivity contribution is 7.91. The highest BCUT2D eigenvalue weighted by atomic mass is 32.2. The van der Waals surface area contributed by atoms with Crippen molar-refractivity contribution in [2.75, 3.05) is 19.7 Å². The molecule has 1 aliphatic rings. The lowest BCUT2D eigenvalue weighted by atomic mass is 9.98. The van der Waals surface area contributed by atoms with Gasteiger partial charge in [-0.2, -0.15) is 4.31 Å². The Labute approximate surface area is 135 Å². The molecule has 0 aromatic carbocycles. The molecule has 1 amide bonds. The molecule has 1 aromatic rings. The Morgan fingerprint density at radius 2 is 2.27 bits per heavy atom. The van der Waals surface area contributed by atoms with Crippen LogP contribution in [0.2, 0.25) is 0 Å². The minimum absolute atomic E-state index is 0.130. The Balaban J connectivity index is 2.08. The molecular formula is C14H22N2O4S2. The molecule has 1 fully saturated rings. The van der Waals surface area contributed by atoms with Gasteiger partial charge >= 0.3 is 0 Å². The minimum atomic E-state index is -3.52. The third-order valence-electron chi connectivity index (χ3n) is 3.73. The van der Waals surface area contributed by atoms with Gasteiger partial charge in [-0.3, -0.25) is 4.79 Å². The molecule has 2 N–H and O–H groups in total. The highest BCUT2D eigenvalue weighted by Gasteiger charge is 2.34. The molecular weight excluding hydrogens is 324 g/mol. The van der Waals surface area contributed by atoms with E-state index in [0.29, 0.717) is 23.6 Å². The summed E-state index contributed by atoms with van der Waals surface area (Å²) in [5.41, 5.74) is 0. The standard InChI is InChI=1S/C14H22N2O4S2/c1-10(9-17)15-14(18)12-4-3-7-16(8-12)22(19,20)13-6-5-11(2)21-13/h5-6,10,12,17H,3-4,7-9H2,1-2H3,(H,15,18). The number of thiophene rings is 1. The molecule has 2 unspecified atom stereocenters. The summed E-state index contributed by atoms with van der Waals surface area (Å²) in [4.78, 5) is 13.1. The van der Waals surface area contributed by atoms with E-state index in [9.17, 15) is 13.2 Å². The second kappa shape index (κ2) is 7.08. The summed E-state index contributed by atoms with van der Waals surface area (Å²) in [5, 5.41) is 11.7. The van der Waals surface area contributed by atoms with Crippen LogP contribution < -0.4 is 5.32 Å². The lowest BCUT2D eigenvalue weighted by Crippen LogP contribution is -2.47. The molecule has 0 radical (unpaired) electrons. The van der Waals surface area contributed by atoms with E-state index >= 15 is 0 Å². The molecule has 1 saturated heterocycles. The minimum Gasteiger partial charge on any atom is -0.394 e. The summed E-state index contributed by atoms with van der Waals surface area (Å²) in [7, 11) is -3.52. The van der Waals surface area contributed by atoms with Gasteiger partial charge in [-0.15, -0.1) is 11.3 Å². The molecule has 1 aromatic heterocycles. The monoisotopic (exact) mass is 346 g/mol. The van der Waals surface area contributed by atoms with E-state index in [1.54, 1.807) is 19.1 Å². The number of hydrogen-bond acceptors (Lipinski definition) is 5. The molecule has 1 aliphatic heterocycles. The molecule has 0 saturated carbocycles. The molecule has 0 bridgehead atoms. The van der Waals surface area contributed by atoms with Crippen molar-refractivity contribution in [3.05, 3.63) is 17.0 Å². The van der Waals surface area contributed by atoms with Crippen LogP contribution in [-0.4, -0.2) is 49.5 Å². The van der Waals surface area contributed by atoms with Gasteiger partial charge in [0.1, 0.15) is 4.21 Å². The fourth-order valence-electron chi connectivity index (χ4n) is 2.46. The Morgan fingerprint density at radius 3 is 2.86 bits per heavy atom. The number of nitrogens with one attached hydrogen (secondary N) is 1. The van der Waals surface area contributed by atoms with E-state index in [0.717, 1.165) is 4.88 Å². The number of hydrogen-bond donors (Lipinski definition) is 2. The van der Waals surface area contributed by atoms with Gasteiger partial charge < -0.3 is 10.4 Å². The third kappa shape index (κ3) is 3.87. The zero-order chi connectivity index (χ0) is 16.3. The summed E-state index contributed by atoms with van der Waals surface area (Å²) in [6, 6.07) is 3.08. The van der Waals surface area contributed by atoms with Crippen LogP contribution in [0.3, 0.4) is 0 Å². The summed E-state index contributed by atoms with van der Waals surface area (Å²) in [5.74, 6) is -0.553. The Kier molecular flexibility index (Phi) is 5.60. The van der Waals surface area contributed by atoms with Crippen LogP contribution in [0.1, 0.15) is 24.6 Å². The van der Waals surface area contributed by atoms with Gasteiger partial charge in [0, 0.05) is 24.0 Å². The topological polar surface area (TPSA) is 86.7 Å². The number of aliphatic hydroxyl groups excluding tert-OH is 1. The maximum absolute atomic E-state index is 12.6. The number of piperidine rings is 1. The second-order valence-corrected chi connectivity index (χ2v) is 9.11. The van der Waals surface area contributed by atoms with Crippen molar-refractivity contribution in [3.63, 3.8) is 0 Å². The Morgan fingerprint density at radius 1 is 1.55 bits per heavy atom. The van der Waals surface area contributed by atoms with Crippen LogP contribution in [0, 0.1) is 12.8 Å². The summed E-state index contributed by atoms with van der Waals surface area (Å²) < 4.78 is 27.0. The first-order valence-electron chi connectivity index (χ1n) is 7.32. The number of sulfonamides is 1. The first-order chi connectivity index (χ1) is 10.3. The largest absolute Gasteiger partial charge is 0.394 e. The average Bonchev–Trinajstić information content (AvgIpc) is 2.94. The Hall–Kier alpha value is -0.960. The van der Waals surface area contributed by atoms with Gasteiger partial charge in [-0.05, 0) is 38.8 Å². The average molecular weight is 346 g/mol. The molecule has 6 nitrogen and oxygen atoms in total. The quantitative estimate of drug-likeness (QED) is 0.831. The van der Waals surface area contributed by atoms with Gasteiger partial charge in [0.05, 0.1) is 12.5 Å². The van der Waals surface area contributed by atoms with Gasteiger partial charge in [0.25, 0.3) is 10.0 Å². The summed E-state index contributed by atoms with van der Waals surface area (Å²) in [6.07, 6.45) is 1.33. The van der Waals surface area contributed by atoms with Crippen molar-refractivity contribution >= 4 is 27.3 Å². The first-order valence-corrected chi connectivity index (χ1v) is 9.58. The van der Waals surface area contributed by atoms with Crippen molar-refractivity contribution in [2.24, 2.45) is 5.92 Å². The predicted octanol–water partition coefficient (Wildman–Crippen LogP) is 0.954. The van der Waals surface area contributed by atoms with Crippen LogP contribution in [0.25, 0.3) is 0 Å². The van der Waals surface area contributed by atoms with Crippen molar-refractivity contribution in [3.8, 4) is 0 Å². The molecule has 8 heteroatoms. The SMILES string of the molecule is Cc1ccc(S(=O)(=O)N2CCCC(C(=O)NC(C)CO)C2)s1. The van der Waals surface area contributed by atoms with E-state index in [1.807, 2.05) is 6.92 Å². The summed E-state index contributed by atoms with van der Waals surface area (Å²) in [6.45, 7) is 4.09. The fourth-order valence-corrected chi connectivity index (χ4v) is 5.42. The van der Waals surface area contributed by atoms with Crippen LogP contribution in [0.15, 0.2) is 16.3 Å². The maximum atomic E-state index is 12.6. The number of amides is 1. The highest BCUT2D eigenvalue weighted by Crippen LogP contribution is 2.28. The number of nitrogens with zero attached hydrogens (tertiary/aromatic N) is 1. The molecule has 124 valence electrons.